The smallest absolute Gasteiger partial charge is 0.223 e. The Morgan fingerprint density at radius 1 is 1.25 bits per heavy atom. The average molecular weight is 410 g/mol. The highest BCUT2D eigenvalue weighted by Crippen LogP contribution is 2.35. The number of halogens is 1. The largest absolute Gasteiger partial charge is 0.464 e. The number of ether oxygens (including phenoxy) is 4. The molecule has 1 aromatic heterocycles. The van der Waals surface area contributed by atoms with Crippen LogP contribution < -0.4 is 10.1 Å². The van der Waals surface area contributed by atoms with Gasteiger partial charge in [-0.1, -0.05) is 23.7 Å². The van der Waals surface area contributed by atoms with Gasteiger partial charge in [-0.3, -0.25) is 4.79 Å². The summed E-state index contributed by atoms with van der Waals surface area (Å²) in [6.07, 6.45) is -2.68. The van der Waals surface area contributed by atoms with Crippen LogP contribution in [-0.2, 0) is 19.0 Å². The number of para-hydroxylation sites is 1. The molecule has 2 N–H and O–H groups in total. The van der Waals surface area contributed by atoms with Gasteiger partial charge < -0.3 is 33.8 Å². The maximum atomic E-state index is 11.7. The van der Waals surface area contributed by atoms with Crippen molar-refractivity contribution in [3.8, 4) is 5.75 Å². The topological polar surface area (TPSA) is 99.4 Å². The molecule has 3 heterocycles. The average Bonchev–Trinajstić information content (AvgIpc) is 3.21. The van der Waals surface area contributed by atoms with Gasteiger partial charge in [0, 0.05) is 6.92 Å². The van der Waals surface area contributed by atoms with E-state index in [0.29, 0.717) is 16.5 Å². The Bertz CT molecular complexity index is 814. The van der Waals surface area contributed by atoms with Crippen molar-refractivity contribution in [2.24, 2.45) is 0 Å². The second-order valence-corrected chi connectivity index (χ2v) is 7.00. The highest BCUT2D eigenvalue weighted by atomic mass is 35.5. The maximum absolute atomic E-state index is 11.7. The van der Waals surface area contributed by atoms with Crippen LogP contribution in [-0.4, -0.2) is 48.3 Å². The van der Waals surface area contributed by atoms with Gasteiger partial charge in [-0.25, -0.2) is 0 Å². The lowest BCUT2D eigenvalue weighted by atomic mass is 9.96. The zero-order valence-electron chi connectivity index (χ0n) is 15.0. The molecule has 2 aromatic rings. The molecule has 0 bridgehead atoms. The molecule has 2 saturated heterocycles. The number of amides is 1. The van der Waals surface area contributed by atoms with E-state index in [9.17, 15) is 9.90 Å². The van der Waals surface area contributed by atoms with Gasteiger partial charge in [0.15, 0.2) is 5.76 Å². The maximum Gasteiger partial charge on any atom is 0.223 e. The molecule has 2 fully saturated rings. The number of nitrogens with one attached hydrogen (secondary N) is 1. The van der Waals surface area contributed by atoms with Gasteiger partial charge in [0.05, 0.1) is 17.9 Å². The van der Waals surface area contributed by atoms with E-state index >= 15 is 0 Å². The molecule has 28 heavy (non-hydrogen) atoms. The molecular weight excluding hydrogens is 390 g/mol. The van der Waals surface area contributed by atoms with Crippen molar-refractivity contribution in [3.05, 3.63) is 53.4 Å². The molecule has 1 amide bonds. The van der Waals surface area contributed by atoms with Crippen LogP contribution in [0.4, 0.5) is 0 Å². The molecule has 2 aliphatic rings. The van der Waals surface area contributed by atoms with Gasteiger partial charge in [-0.05, 0) is 24.3 Å². The van der Waals surface area contributed by atoms with Crippen LogP contribution in [0.1, 0.15) is 19.0 Å². The monoisotopic (exact) mass is 409 g/mol. The predicted octanol–water partition coefficient (Wildman–Crippen LogP) is 2.02. The van der Waals surface area contributed by atoms with E-state index in [1.165, 1.54) is 13.2 Å². The molecule has 9 heteroatoms. The van der Waals surface area contributed by atoms with Crippen molar-refractivity contribution in [1.82, 2.24) is 5.32 Å². The first-order valence-corrected chi connectivity index (χ1v) is 9.23. The van der Waals surface area contributed by atoms with Gasteiger partial charge in [0.2, 0.25) is 18.5 Å². The minimum atomic E-state index is -1.10. The van der Waals surface area contributed by atoms with Crippen molar-refractivity contribution in [2.45, 2.75) is 43.9 Å². The summed E-state index contributed by atoms with van der Waals surface area (Å²) in [6, 6.07) is 9.45. The van der Waals surface area contributed by atoms with Crippen LogP contribution in [0.25, 0.3) is 0 Å². The normalized spacial score (nSPS) is 32.4. The van der Waals surface area contributed by atoms with E-state index in [2.05, 4.69) is 5.32 Å². The van der Waals surface area contributed by atoms with Crippen molar-refractivity contribution in [3.63, 3.8) is 0 Å². The van der Waals surface area contributed by atoms with E-state index in [-0.39, 0.29) is 12.5 Å². The Morgan fingerprint density at radius 3 is 2.79 bits per heavy atom. The molecule has 6 atom stereocenters. The molecule has 0 spiro atoms. The number of carbonyl (C=O) groups excluding carboxylic acids is 1. The van der Waals surface area contributed by atoms with Crippen molar-refractivity contribution in [1.29, 1.82) is 0 Å². The Labute approximate surface area is 166 Å². The number of aliphatic hydroxyl groups excluding tert-OH is 1. The minimum Gasteiger partial charge on any atom is -0.464 e. The zero-order valence-corrected chi connectivity index (χ0v) is 15.7. The van der Waals surface area contributed by atoms with Gasteiger partial charge in [-0.15, -0.1) is 0 Å². The molecule has 0 radical (unpaired) electrons. The van der Waals surface area contributed by atoms with Crippen molar-refractivity contribution < 1.29 is 33.3 Å². The molecular formula is C19H20ClNO7. The van der Waals surface area contributed by atoms with Crippen LogP contribution in [0.3, 0.4) is 0 Å². The van der Waals surface area contributed by atoms with E-state index in [4.69, 9.17) is 35.0 Å². The van der Waals surface area contributed by atoms with Gasteiger partial charge >= 0.3 is 0 Å². The quantitative estimate of drug-likeness (QED) is 0.796. The Morgan fingerprint density at radius 2 is 2.07 bits per heavy atom. The first-order chi connectivity index (χ1) is 13.5. The third-order valence-corrected chi connectivity index (χ3v) is 4.90. The van der Waals surface area contributed by atoms with Gasteiger partial charge in [0.25, 0.3) is 0 Å². The molecule has 150 valence electrons. The van der Waals surface area contributed by atoms with Gasteiger partial charge in [0.1, 0.15) is 30.1 Å². The predicted molar refractivity (Wildman–Crippen MR) is 96.6 cm³/mol. The fraction of sp³-hybridized carbons (Fsp3) is 0.421. The third-order valence-electron chi connectivity index (χ3n) is 4.59. The Kier molecular flexibility index (Phi) is 5.56. The van der Waals surface area contributed by atoms with E-state index < -0.39 is 36.9 Å². The highest BCUT2D eigenvalue weighted by molar-refractivity contribution is 6.32. The second-order valence-electron chi connectivity index (χ2n) is 6.59. The standard InChI is InChI=1S/C19H20ClNO7/c1-10(22)21-15-16(23)17-14(9-25-18(28-17)13-7-4-8-24-13)27-19(15)26-12-6-3-2-5-11(12)20/h2-8,14-19,23H,9H2,1H3,(H,21,22)/t14-,15+,16+,17+,18-,19-/m0/s1. The van der Waals surface area contributed by atoms with Crippen molar-refractivity contribution in [2.75, 3.05) is 6.61 Å². The molecule has 4 rings (SSSR count). The molecule has 0 unspecified atom stereocenters. The lowest BCUT2D eigenvalue weighted by Gasteiger charge is -2.47. The lowest BCUT2D eigenvalue weighted by Crippen LogP contribution is -2.67. The van der Waals surface area contributed by atoms with E-state index in [0.717, 1.165) is 0 Å². The zero-order chi connectivity index (χ0) is 19.7. The van der Waals surface area contributed by atoms with Crippen molar-refractivity contribution >= 4 is 17.5 Å². The summed E-state index contributed by atoms with van der Waals surface area (Å²) in [4.78, 5) is 11.7. The minimum absolute atomic E-state index is 0.155. The number of rotatable bonds is 4. The summed E-state index contributed by atoms with van der Waals surface area (Å²) in [6.45, 7) is 1.50. The number of hydrogen-bond acceptors (Lipinski definition) is 7. The summed E-state index contributed by atoms with van der Waals surface area (Å²) in [5, 5.41) is 14.0. The summed E-state index contributed by atoms with van der Waals surface area (Å²) in [7, 11) is 0. The van der Waals surface area contributed by atoms with Crippen LogP contribution in [0, 0.1) is 0 Å². The number of hydrogen-bond donors (Lipinski definition) is 2. The van der Waals surface area contributed by atoms with E-state index in [1.807, 2.05) is 0 Å². The fourth-order valence-corrected chi connectivity index (χ4v) is 3.50. The summed E-state index contributed by atoms with van der Waals surface area (Å²) < 4.78 is 28.6. The van der Waals surface area contributed by atoms with Crippen LogP contribution in [0.15, 0.2) is 47.1 Å². The lowest BCUT2D eigenvalue weighted by molar-refractivity contribution is -0.336. The third kappa shape index (κ3) is 3.87. The number of aliphatic hydroxyl groups is 1. The number of furan rings is 1. The second kappa shape index (κ2) is 8.10. The van der Waals surface area contributed by atoms with Crippen LogP contribution in [0.2, 0.25) is 5.02 Å². The summed E-state index contributed by atoms with van der Waals surface area (Å²) in [5.41, 5.74) is 0. The fourth-order valence-electron chi connectivity index (χ4n) is 3.32. The number of fused-ring (bicyclic) bond motifs is 1. The SMILES string of the molecule is CC(=O)N[C@H]1[C@@H](Oc2ccccc2Cl)O[C@H]2CO[C@H](c3ccco3)O[C@H]2[C@@H]1O. The Balaban J connectivity index is 1.55. The molecule has 2 aliphatic heterocycles. The highest BCUT2D eigenvalue weighted by Gasteiger charge is 2.51. The molecule has 0 aliphatic carbocycles. The summed E-state index contributed by atoms with van der Waals surface area (Å²) in [5.74, 6) is 0.519. The molecule has 0 saturated carbocycles. The molecule has 1 aromatic carbocycles. The first-order valence-electron chi connectivity index (χ1n) is 8.85. The number of benzene rings is 1. The first kappa shape index (κ1) is 19.2. The number of carbonyl (C=O) groups is 1. The van der Waals surface area contributed by atoms with E-state index in [1.54, 1.807) is 36.4 Å². The molecule has 8 nitrogen and oxygen atoms in total. The van der Waals surface area contributed by atoms with Gasteiger partial charge in [-0.2, -0.15) is 0 Å². The van der Waals surface area contributed by atoms with Crippen LogP contribution in [0.5, 0.6) is 5.75 Å². The Hall–Kier alpha value is -2.10. The van der Waals surface area contributed by atoms with Crippen LogP contribution >= 0.6 is 11.6 Å². The summed E-state index contributed by atoms with van der Waals surface area (Å²) >= 11 is 6.16.